The lowest BCUT2D eigenvalue weighted by atomic mass is 9.84. The molecular weight excluding hydrogens is 290 g/mol. The summed E-state index contributed by atoms with van der Waals surface area (Å²) < 4.78 is 0. The third-order valence-electron chi connectivity index (χ3n) is 4.45. The molecule has 23 heavy (non-hydrogen) atoms. The van der Waals surface area contributed by atoms with Crippen molar-refractivity contribution in [1.82, 2.24) is 10.6 Å². The van der Waals surface area contributed by atoms with Crippen LogP contribution in [-0.4, -0.2) is 30.9 Å². The number of carbonyl (C=O) groups excluding carboxylic acids is 2. The molecule has 5 nitrogen and oxygen atoms in total. The van der Waals surface area contributed by atoms with Crippen molar-refractivity contribution < 1.29 is 9.59 Å². The Balaban J connectivity index is 2.03. The van der Waals surface area contributed by atoms with E-state index in [1.807, 2.05) is 6.92 Å². The Bertz CT molecular complexity index is 545. The summed E-state index contributed by atoms with van der Waals surface area (Å²) in [5.74, 6) is 0.0863. The fraction of sp³-hybridized carbons (Fsp3) is 0.556. The minimum absolute atomic E-state index is 0.125. The van der Waals surface area contributed by atoms with E-state index in [2.05, 4.69) is 10.6 Å². The first-order valence-electron chi connectivity index (χ1n) is 8.55. The maximum atomic E-state index is 12.5. The van der Waals surface area contributed by atoms with Gasteiger partial charge in [0.2, 0.25) is 0 Å². The fourth-order valence-electron chi connectivity index (χ4n) is 3.07. The van der Waals surface area contributed by atoms with Gasteiger partial charge in [0.15, 0.2) is 0 Å². The highest BCUT2D eigenvalue weighted by Gasteiger charge is 2.25. The predicted octanol–water partition coefficient (Wildman–Crippen LogP) is 2.07. The van der Waals surface area contributed by atoms with Crippen LogP contribution in [0, 0.1) is 5.92 Å². The van der Waals surface area contributed by atoms with E-state index in [-0.39, 0.29) is 17.9 Å². The maximum Gasteiger partial charge on any atom is 0.251 e. The van der Waals surface area contributed by atoms with Gasteiger partial charge in [-0.1, -0.05) is 25.8 Å². The van der Waals surface area contributed by atoms with Crippen molar-refractivity contribution in [3.05, 3.63) is 35.4 Å². The van der Waals surface area contributed by atoms with Gasteiger partial charge < -0.3 is 16.4 Å². The van der Waals surface area contributed by atoms with E-state index in [0.29, 0.717) is 30.1 Å². The lowest BCUT2D eigenvalue weighted by Gasteiger charge is -2.31. The van der Waals surface area contributed by atoms with E-state index < -0.39 is 0 Å². The third kappa shape index (κ3) is 4.79. The molecule has 126 valence electrons. The molecule has 2 unspecified atom stereocenters. The van der Waals surface area contributed by atoms with Crippen LogP contribution in [0.1, 0.15) is 59.7 Å². The lowest BCUT2D eigenvalue weighted by molar-refractivity contribution is 0.0908. The van der Waals surface area contributed by atoms with Gasteiger partial charge in [0.05, 0.1) is 0 Å². The van der Waals surface area contributed by atoms with E-state index in [1.165, 1.54) is 6.42 Å². The first-order valence-corrected chi connectivity index (χ1v) is 8.55. The van der Waals surface area contributed by atoms with E-state index in [4.69, 9.17) is 5.73 Å². The number of nitrogens with two attached hydrogens (primary N) is 1. The van der Waals surface area contributed by atoms with Crippen LogP contribution in [0.4, 0.5) is 0 Å². The normalized spacial score (nSPS) is 20.8. The van der Waals surface area contributed by atoms with Crippen LogP contribution >= 0.6 is 0 Å². The number of benzene rings is 1. The minimum Gasteiger partial charge on any atom is -0.352 e. The van der Waals surface area contributed by atoms with E-state index in [1.54, 1.807) is 24.3 Å². The highest BCUT2D eigenvalue weighted by atomic mass is 16.2. The number of nitrogens with one attached hydrogen (secondary N) is 2. The molecule has 1 aliphatic rings. The first kappa shape index (κ1) is 17.5. The van der Waals surface area contributed by atoms with E-state index >= 15 is 0 Å². The average molecular weight is 317 g/mol. The minimum atomic E-state index is -0.140. The van der Waals surface area contributed by atoms with Gasteiger partial charge in [-0.2, -0.15) is 0 Å². The second-order valence-corrected chi connectivity index (χ2v) is 6.20. The van der Waals surface area contributed by atoms with Gasteiger partial charge in [-0.3, -0.25) is 9.59 Å². The second-order valence-electron chi connectivity index (χ2n) is 6.20. The number of hydrogen-bond donors (Lipinski definition) is 3. The molecular formula is C18H27N3O2. The molecule has 1 fully saturated rings. The van der Waals surface area contributed by atoms with Crippen molar-refractivity contribution in [2.75, 3.05) is 13.1 Å². The SMILES string of the molecule is CCCNC(=O)c1cccc(C(=O)NC2CCCCC2CN)c1. The molecule has 0 aliphatic heterocycles. The molecule has 4 N–H and O–H groups in total. The molecule has 2 rings (SSSR count). The summed E-state index contributed by atoms with van der Waals surface area (Å²) in [5, 5.41) is 5.92. The molecule has 1 saturated carbocycles. The zero-order valence-corrected chi connectivity index (χ0v) is 13.8. The first-order chi connectivity index (χ1) is 11.2. The van der Waals surface area contributed by atoms with Crippen molar-refractivity contribution in [3.63, 3.8) is 0 Å². The molecule has 1 aromatic carbocycles. The van der Waals surface area contributed by atoms with Gasteiger partial charge in [-0.05, 0) is 49.9 Å². The van der Waals surface area contributed by atoms with Crippen LogP contribution in [-0.2, 0) is 0 Å². The standard InChI is InChI=1S/C18H27N3O2/c1-2-10-20-17(22)13-7-5-8-14(11-13)18(23)21-16-9-4-3-6-15(16)12-19/h5,7-8,11,15-16H,2-4,6,9-10,12,19H2,1H3,(H,20,22)(H,21,23). The Morgan fingerprint density at radius 2 is 1.87 bits per heavy atom. The van der Waals surface area contributed by atoms with Gasteiger partial charge in [0, 0.05) is 23.7 Å². The summed E-state index contributed by atoms with van der Waals surface area (Å²) >= 11 is 0. The molecule has 0 saturated heterocycles. The van der Waals surface area contributed by atoms with Crippen LogP contribution in [0.25, 0.3) is 0 Å². The van der Waals surface area contributed by atoms with Crippen molar-refractivity contribution >= 4 is 11.8 Å². The number of amides is 2. The van der Waals surface area contributed by atoms with E-state index in [9.17, 15) is 9.59 Å². The summed E-state index contributed by atoms with van der Waals surface area (Å²) in [6.07, 6.45) is 5.24. The monoisotopic (exact) mass is 317 g/mol. The van der Waals surface area contributed by atoms with Crippen LogP contribution in [0.15, 0.2) is 24.3 Å². The topological polar surface area (TPSA) is 84.2 Å². The smallest absolute Gasteiger partial charge is 0.251 e. The molecule has 0 radical (unpaired) electrons. The molecule has 0 spiro atoms. The Morgan fingerprint density at radius 3 is 2.57 bits per heavy atom. The number of carbonyl (C=O) groups is 2. The second kappa shape index (κ2) is 8.67. The summed E-state index contributed by atoms with van der Waals surface area (Å²) in [4.78, 5) is 24.5. The molecule has 0 heterocycles. The quantitative estimate of drug-likeness (QED) is 0.751. The molecule has 2 amide bonds. The molecule has 0 bridgehead atoms. The van der Waals surface area contributed by atoms with Gasteiger partial charge in [-0.15, -0.1) is 0 Å². The molecule has 2 atom stereocenters. The van der Waals surface area contributed by atoms with Crippen LogP contribution < -0.4 is 16.4 Å². The Kier molecular flexibility index (Phi) is 6.59. The van der Waals surface area contributed by atoms with Crippen LogP contribution in [0.3, 0.4) is 0 Å². The average Bonchev–Trinajstić information content (AvgIpc) is 2.60. The molecule has 1 aliphatic carbocycles. The summed E-state index contributed by atoms with van der Waals surface area (Å²) in [6, 6.07) is 7.01. The lowest BCUT2D eigenvalue weighted by Crippen LogP contribution is -2.44. The number of hydrogen-bond acceptors (Lipinski definition) is 3. The highest BCUT2D eigenvalue weighted by Crippen LogP contribution is 2.23. The van der Waals surface area contributed by atoms with Gasteiger partial charge in [0.25, 0.3) is 11.8 Å². The van der Waals surface area contributed by atoms with Crippen molar-refractivity contribution in [2.24, 2.45) is 11.7 Å². The summed E-state index contributed by atoms with van der Waals surface area (Å²) in [6.45, 7) is 3.24. The zero-order valence-electron chi connectivity index (χ0n) is 13.8. The maximum absolute atomic E-state index is 12.5. The van der Waals surface area contributed by atoms with Crippen molar-refractivity contribution in [1.29, 1.82) is 0 Å². The van der Waals surface area contributed by atoms with Crippen LogP contribution in [0.5, 0.6) is 0 Å². The number of rotatable bonds is 6. The van der Waals surface area contributed by atoms with E-state index in [0.717, 1.165) is 25.7 Å². The molecule has 5 heteroatoms. The fourth-order valence-corrected chi connectivity index (χ4v) is 3.07. The largest absolute Gasteiger partial charge is 0.352 e. The highest BCUT2D eigenvalue weighted by molar-refractivity contribution is 5.99. The summed E-state index contributed by atoms with van der Waals surface area (Å²) in [5.41, 5.74) is 6.86. The Labute approximate surface area is 138 Å². The third-order valence-corrected chi connectivity index (χ3v) is 4.45. The van der Waals surface area contributed by atoms with Crippen molar-refractivity contribution in [2.45, 2.75) is 45.1 Å². The van der Waals surface area contributed by atoms with Gasteiger partial charge in [0.1, 0.15) is 0 Å². The zero-order chi connectivity index (χ0) is 16.7. The van der Waals surface area contributed by atoms with Crippen LogP contribution in [0.2, 0.25) is 0 Å². The Morgan fingerprint density at radius 1 is 1.17 bits per heavy atom. The predicted molar refractivity (Wildman–Crippen MR) is 91.3 cm³/mol. The molecule has 0 aromatic heterocycles. The summed E-state index contributed by atoms with van der Waals surface area (Å²) in [7, 11) is 0. The molecule has 1 aromatic rings. The van der Waals surface area contributed by atoms with Gasteiger partial charge >= 0.3 is 0 Å². The van der Waals surface area contributed by atoms with Crippen molar-refractivity contribution in [3.8, 4) is 0 Å². The van der Waals surface area contributed by atoms with Gasteiger partial charge in [-0.25, -0.2) is 0 Å². The Hall–Kier alpha value is -1.88.